The predicted octanol–water partition coefficient (Wildman–Crippen LogP) is 6.97. The molecule has 2 aliphatic rings. The molecule has 118 valence electrons. The highest BCUT2D eigenvalue weighted by Crippen LogP contribution is 2.40. The molecular weight excluding hydrogens is 252 g/mol. The van der Waals surface area contributed by atoms with Gasteiger partial charge in [-0.1, -0.05) is 38.3 Å². The summed E-state index contributed by atoms with van der Waals surface area (Å²) in [6.07, 6.45) is 17.4. The summed E-state index contributed by atoms with van der Waals surface area (Å²) in [5.74, 6) is 2.03. The van der Waals surface area contributed by atoms with Crippen molar-refractivity contribution in [3.63, 3.8) is 0 Å². The smallest absolute Gasteiger partial charge is 0.00641 e. The van der Waals surface area contributed by atoms with Crippen LogP contribution in [0.5, 0.6) is 0 Å². The summed E-state index contributed by atoms with van der Waals surface area (Å²) in [7, 11) is 0. The molecule has 2 aliphatic carbocycles. The zero-order valence-corrected chi connectivity index (χ0v) is 14.5. The fourth-order valence-electron chi connectivity index (χ4n) is 3.92. The maximum absolute atomic E-state index is 3.71. The van der Waals surface area contributed by atoms with Gasteiger partial charge in [-0.3, -0.25) is 0 Å². The van der Waals surface area contributed by atoms with E-state index in [2.05, 4.69) is 32.6 Å². The first-order chi connectivity index (χ1) is 10.2. The molecule has 1 unspecified atom stereocenters. The SMILES string of the molecule is CCC(=C=C(C)CC[C@H]1CCC1CC)C=C1CCCCC1. The summed E-state index contributed by atoms with van der Waals surface area (Å²) < 4.78 is 0. The first-order valence-electron chi connectivity index (χ1n) is 9.37. The number of hydrogen-bond donors (Lipinski definition) is 0. The second-order valence-electron chi connectivity index (χ2n) is 7.19. The summed E-state index contributed by atoms with van der Waals surface area (Å²) in [6, 6.07) is 0. The van der Waals surface area contributed by atoms with Crippen LogP contribution < -0.4 is 0 Å². The van der Waals surface area contributed by atoms with Gasteiger partial charge in [0.1, 0.15) is 0 Å². The van der Waals surface area contributed by atoms with Crippen LogP contribution in [0.2, 0.25) is 0 Å². The maximum atomic E-state index is 3.71. The Morgan fingerprint density at radius 2 is 1.81 bits per heavy atom. The fraction of sp³-hybridized carbons (Fsp3) is 0.762. The van der Waals surface area contributed by atoms with Crippen molar-refractivity contribution in [1.29, 1.82) is 0 Å². The average molecular weight is 287 g/mol. The van der Waals surface area contributed by atoms with Crippen molar-refractivity contribution in [2.24, 2.45) is 11.8 Å². The van der Waals surface area contributed by atoms with Crippen LogP contribution in [0.3, 0.4) is 0 Å². The molecule has 0 nitrogen and oxygen atoms in total. The van der Waals surface area contributed by atoms with Crippen molar-refractivity contribution in [2.75, 3.05) is 0 Å². The van der Waals surface area contributed by atoms with Crippen LogP contribution >= 0.6 is 0 Å². The molecule has 0 N–H and O–H groups in total. The monoisotopic (exact) mass is 286 g/mol. The van der Waals surface area contributed by atoms with Crippen molar-refractivity contribution in [3.8, 4) is 0 Å². The van der Waals surface area contributed by atoms with E-state index < -0.39 is 0 Å². The second-order valence-corrected chi connectivity index (χ2v) is 7.19. The summed E-state index contributed by atoms with van der Waals surface area (Å²) in [4.78, 5) is 0. The topological polar surface area (TPSA) is 0 Å². The Balaban J connectivity index is 1.92. The molecule has 2 saturated carbocycles. The Kier molecular flexibility index (Phi) is 6.84. The minimum Gasteiger partial charge on any atom is -0.119 e. The summed E-state index contributed by atoms with van der Waals surface area (Å²) in [5, 5.41) is 0. The molecule has 2 rings (SSSR count). The Morgan fingerprint density at radius 1 is 1.10 bits per heavy atom. The van der Waals surface area contributed by atoms with Gasteiger partial charge < -0.3 is 0 Å². The van der Waals surface area contributed by atoms with Gasteiger partial charge in [-0.15, -0.1) is 5.73 Å². The summed E-state index contributed by atoms with van der Waals surface area (Å²) in [6.45, 7) is 6.91. The molecule has 2 fully saturated rings. The van der Waals surface area contributed by atoms with E-state index in [1.807, 2.05) is 0 Å². The van der Waals surface area contributed by atoms with E-state index >= 15 is 0 Å². The quantitative estimate of drug-likeness (QED) is 0.462. The minimum absolute atomic E-state index is 1.01. The van der Waals surface area contributed by atoms with Crippen LogP contribution in [-0.4, -0.2) is 0 Å². The normalized spacial score (nSPS) is 25.0. The van der Waals surface area contributed by atoms with Crippen LogP contribution in [-0.2, 0) is 0 Å². The first-order valence-corrected chi connectivity index (χ1v) is 9.37. The Morgan fingerprint density at radius 3 is 2.38 bits per heavy atom. The molecule has 0 radical (unpaired) electrons. The minimum atomic E-state index is 1.01. The van der Waals surface area contributed by atoms with Crippen LogP contribution in [0, 0.1) is 11.8 Å². The highest BCUT2D eigenvalue weighted by molar-refractivity contribution is 5.25. The number of hydrogen-bond acceptors (Lipinski definition) is 0. The standard InChI is InChI=1S/C21H34/c1-4-18(16-19-9-7-6-8-10-19)15-17(3)11-12-21-14-13-20(21)5-2/h16,20-21H,4-14H2,1-3H3/t15?,20?,21-/m0/s1. The molecule has 0 bridgehead atoms. The van der Waals surface area contributed by atoms with E-state index in [-0.39, 0.29) is 0 Å². The molecule has 0 heterocycles. The lowest BCUT2D eigenvalue weighted by Crippen LogP contribution is -2.24. The van der Waals surface area contributed by atoms with Crippen molar-refractivity contribution in [3.05, 3.63) is 28.5 Å². The zero-order chi connectivity index (χ0) is 15.1. The number of allylic oxidation sites excluding steroid dienone is 3. The number of rotatable bonds is 6. The largest absolute Gasteiger partial charge is 0.119 e. The van der Waals surface area contributed by atoms with Crippen molar-refractivity contribution >= 4 is 0 Å². The molecular formula is C21H34. The van der Waals surface area contributed by atoms with E-state index in [4.69, 9.17) is 0 Å². The third-order valence-corrected chi connectivity index (χ3v) is 5.62. The Hall–Kier alpha value is -0.740. The molecule has 0 heteroatoms. The lowest BCUT2D eigenvalue weighted by molar-refractivity contribution is 0.159. The van der Waals surface area contributed by atoms with Gasteiger partial charge in [0.15, 0.2) is 0 Å². The zero-order valence-electron chi connectivity index (χ0n) is 14.5. The molecule has 0 spiro atoms. The maximum Gasteiger partial charge on any atom is -0.00641 e. The fourth-order valence-corrected chi connectivity index (χ4v) is 3.92. The van der Waals surface area contributed by atoms with Gasteiger partial charge in [0.05, 0.1) is 0 Å². The van der Waals surface area contributed by atoms with Gasteiger partial charge in [-0.2, -0.15) is 0 Å². The third kappa shape index (κ3) is 5.19. The highest BCUT2D eigenvalue weighted by atomic mass is 14.3. The van der Waals surface area contributed by atoms with Gasteiger partial charge in [0.25, 0.3) is 0 Å². The van der Waals surface area contributed by atoms with Gasteiger partial charge in [0.2, 0.25) is 0 Å². The summed E-state index contributed by atoms with van der Waals surface area (Å²) in [5.41, 5.74) is 8.29. The lowest BCUT2D eigenvalue weighted by Gasteiger charge is -2.36. The molecule has 0 amide bonds. The van der Waals surface area contributed by atoms with E-state index in [1.165, 1.54) is 75.4 Å². The Labute approximate surface area is 132 Å². The van der Waals surface area contributed by atoms with Gasteiger partial charge >= 0.3 is 0 Å². The van der Waals surface area contributed by atoms with Crippen LogP contribution in [0.1, 0.15) is 91.4 Å². The van der Waals surface area contributed by atoms with E-state index in [9.17, 15) is 0 Å². The van der Waals surface area contributed by atoms with Gasteiger partial charge in [-0.25, -0.2) is 0 Å². The molecule has 0 aliphatic heterocycles. The molecule has 2 atom stereocenters. The van der Waals surface area contributed by atoms with E-state index in [0.29, 0.717) is 0 Å². The van der Waals surface area contributed by atoms with Crippen molar-refractivity contribution < 1.29 is 0 Å². The first kappa shape index (κ1) is 16.6. The van der Waals surface area contributed by atoms with Crippen LogP contribution in [0.4, 0.5) is 0 Å². The second kappa shape index (κ2) is 8.64. The highest BCUT2D eigenvalue weighted by Gasteiger charge is 2.28. The van der Waals surface area contributed by atoms with Crippen LogP contribution in [0.15, 0.2) is 28.5 Å². The van der Waals surface area contributed by atoms with Gasteiger partial charge in [0, 0.05) is 0 Å². The average Bonchev–Trinajstić information content (AvgIpc) is 2.47. The molecule has 0 aromatic carbocycles. The van der Waals surface area contributed by atoms with Crippen molar-refractivity contribution in [1.82, 2.24) is 0 Å². The lowest BCUT2D eigenvalue weighted by atomic mass is 9.70. The van der Waals surface area contributed by atoms with E-state index in [1.54, 1.807) is 5.57 Å². The predicted molar refractivity (Wildman–Crippen MR) is 93.4 cm³/mol. The molecule has 0 aromatic heterocycles. The Bertz CT molecular complexity index is 407. The van der Waals surface area contributed by atoms with Crippen LogP contribution in [0.25, 0.3) is 0 Å². The molecule has 0 aromatic rings. The van der Waals surface area contributed by atoms with Gasteiger partial charge in [-0.05, 0) is 87.7 Å². The third-order valence-electron chi connectivity index (χ3n) is 5.62. The van der Waals surface area contributed by atoms with E-state index in [0.717, 1.165) is 18.3 Å². The van der Waals surface area contributed by atoms with Crippen molar-refractivity contribution in [2.45, 2.75) is 91.4 Å². The summed E-state index contributed by atoms with van der Waals surface area (Å²) >= 11 is 0. The molecule has 21 heavy (non-hydrogen) atoms. The molecule has 0 saturated heterocycles.